The van der Waals surface area contributed by atoms with E-state index in [9.17, 15) is 9.59 Å². The third-order valence-electron chi connectivity index (χ3n) is 2.29. The highest BCUT2D eigenvalue weighted by Gasteiger charge is 2.21. The third kappa shape index (κ3) is 2.28. The fraction of sp³-hybridized carbons (Fsp3) is 0.167. The van der Waals surface area contributed by atoms with Crippen molar-refractivity contribution >= 4 is 17.5 Å². The molecule has 0 aromatic heterocycles. The van der Waals surface area contributed by atoms with E-state index in [0.717, 1.165) is 0 Å². The number of hydrogen-bond donors (Lipinski definition) is 2. The van der Waals surface area contributed by atoms with Gasteiger partial charge in [0, 0.05) is 6.54 Å². The molecule has 0 atom stereocenters. The summed E-state index contributed by atoms with van der Waals surface area (Å²) in [5.41, 5.74) is 0.928. The largest absolute Gasteiger partial charge is 0.481 e. The Morgan fingerprint density at radius 2 is 2.41 bits per heavy atom. The van der Waals surface area contributed by atoms with Gasteiger partial charge in [-0.05, 0) is 12.1 Å². The second-order valence-electron chi connectivity index (χ2n) is 3.52. The Bertz CT molecular complexity index is 483. The molecule has 2 rings (SSSR count). The van der Waals surface area contributed by atoms with Gasteiger partial charge < -0.3 is 15.4 Å². The van der Waals surface area contributed by atoms with E-state index in [1.807, 2.05) is 0 Å². The Morgan fingerprint density at radius 1 is 1.59 bits per heavy atom. The van der Waals surface area contributed by atoms with Crippen LogP contribution in [0.3, 0.4) is 0 Å². The topological polar surface area (TPSA) is 67.4 Å². The first-order valence-corrected chi connectivity index (χ1v) is 5.17. The normalized spacial score (nSPS) is 13.1. The lowest BCUT2D eigenvalue weighted by Crippen LogP contribution is -2.29. The zero-order chi connectivity index (χ0) is 12.3. The molecule has 1 aromatic rings. The van der Waals surface area contributed by atoms with Crippen molar-refractivity contribution in [1.29, 1.82) is 0 Å². The third-order valence-corrected chi connectivity index (χ3v) is 2.29. The molecular formula is C12H12N2O3. The molecule has 2 amide bonds. The Balaban J connectivity index is 2.29. The average Bonchev–Trinajstić information content (AvgIpc) is 2.34. The van der Waals surface area contributed by atoms with E-state index in [1.54, 1.807) is 24.3 Å². The molecule has 5 nitrogen and oxygen atoms in total. The van der Waals surface area contributed by atoms with Gasteiger partial charge in [-0.3, -0.25) is 9.59 Å². The van der Waals surface area contributed by atoms with E-state index >= 15 is 0 Å². The van der Waals surface area contributed by atoms with Gasteiger partial charge in [0.2, 0.25) is 0 Å². The van der Waals surface area contributed by atoms with Crippen LogP contribution >= 0.6 is 0 Å². The second kappa shape index (κ2) is 4.69. The molecule has 1 aromatic carbocycles. The number of fused-ring (bicyclic) bond motifs is 1. The number of hydrogen-bond acceptors (Lipinski definition) is 3. The summed E-state index contributed by atoms with van der Waals surface area (Å²) in [6.45, 7) is 3.83. The summed E-state index contributed by atoms with van der Waals surface area (Å²) in [7, 11) is 0. The highest BCUT2D eigenvalue weighted by atomic mass is 16.5. The summed E-state index contributed by atoms with van der Waals surface area (Å²) >= 11 is 0. The number of carbonyl (C=O) groups excluding carboxylic acids is 2. The van der Waals surface area contributed by atoms with Gasteiger partial charge in [-0.1, -0.05) is 12.1 Å². The molecule has 1 heterocycles. The smallest absolute Gasteiger partial charge is 0.262 e. The second-order valence-corrected chi connectivity index (χ2v) is 3.52. The van der Waals surface area contributed by atoms with E-state index in [-0.39, 0.29) is 18.4 Å². The standard InChI is InChI=1S/C12H12N2O3/c1-2-6-13-12(16)8-4-3-5-9-11(8)17-7-10(15)14-9/h2-5H,1,6-7H2,(H,13,16)(H,14,15). The van der Waals surface area contributed by atoms with Crippen molar-refractivity contribution in [1.82, 2.24) is 5.32 Å². The summed E-state index contributed by atoms with van der Waals surface area (Å²) < 4.78 is 5.27. The molecular weight excluding hydrogens is 220 g/mol. The molecule has 0 spiro atoms. The minimum Gasteiger partial charge on any atom is -0.481 e. The van der Waals surface area contributed by atoms with Crippen molar-refractivity contribution in [2.75, 3.05) is 18.5 Å². The predicted octanol–water partition coefficient (Wildman–Crippen LogP) is 0.933. The van der Waals surface area contributed by atoms with Crippen LogP contribution < -0.4 is 15.4 Å². The molecule has 5 heteroatoms. The van der Waals surface area contributed by atoms with Crippen molar-refractivity contribution in [2.24, 2.45) is 0 Å². The van der Waals surface area contributed by atoms with Gasteiger partial charge in [0.1, 0.15) is 0 Å². The number of amides is 2. The zero-order valence-electron chi connectivity index (χ0n) is 9.16. The quantitative estimate of drug-likeness (QED) is 0.762. The summed E-state index contributed by atoms with van der Waals surface area (Å²) in [4.78, 5) is 22.9. The molecule has 0 aliphatic carbocycles. The van der Waals surface area contributed by atoms with Gasteiger partial charge in [-0.2, -0.15) is 0 Å². The molecule has 1 aliphatic heterocycles. The fourth-order valence-electron chi connectivity index (χ4n) is 1.55. The maximum absolute atomic E-state index is 11.8. The number of ether oxygens (including phenoxy) is 1. The van der Waals surface area contributed by atoms with Gasteiger partial charge in [0.25, 0.3) is 11.8 Å². The Labute approximate surface area is 98.5 Å². The number of benzene rings is 1. The Hall–Kier alpha value is -2.30. The lowest BCUT2D eigenvalue weighted by atomic mass is 10.1. The summed E-state index contributed by atoms with van der Waals surface area (Å²) in [6, 6.07) is 5.03. The van der Waals surface area contributed by atoms with Crippen LogP contribution in [0, 0.1) is 0 Å². The lowest BCUT2D eigenvalue weighted by molar-refractivity contribution is -0.118. The maximum Gasteiger partial charge on any atom is 0.262 e. The van der Waals surface area contributed by atoms with E-state index in [2.05, 4.69) is 17.2 Å². The van der Waals surface area contributed by atoms with Crippen molar-refractivity contribution in [2.45, 2.75) is 0 Å². The number of rotatable bonds is 3. The highest BCUT2D eigenvalue weighted by molar-refractivity contribution is 6.03. The lowest BCUT2D eigenvalue weighted by Gasteiger charge is -2.20. The number of nitrogens with one attached hydrogen (secondary N) is 2. The Kier molecular flexibility index (Phi) is 3.09. The van der Waals surface area contributed by atoms with Crippen molar-refractivity contribution < 1.29 is 14.3 Å². The number of para-hydroxylation sites is 1. The van der Waals surface area contributed by atoms with Crippen LogP contribution in [0.5, 0.6) is 5.75 Å². The minimum atomic E-state index is -0.252. The van der Waals surface area contributed by atoms with Crippen LogP contribution in [0.4, 0.5) is 5.69 Å². The number of anilines is 1. The van der Waals surface area contributed by atoms with Crippen LogP contribution in [0.15, 0.2) is 30.9 Å². The van der Waals surface area contributed by atoms with Gasteiger partial charge in [0.05, 0.1) is 11.3 Å². The monoisotopic (exact) mass is 232 g/mol. The molecule has 0 saturated carbocycles. The van der Waals surface area contributed by atoms with Gasteiger partial charge in [-0.15, -0.1) is 6.58 Å². The van der Waals surface area contributed by atoms with Crippen molar-refractivity contribution in [3.05, 3.63) is 36.4 Å². The zero-order valence-corrected chi connectivity index (χ0v) is 9.16. The maximum atomic E-state index is 11.8. The molecule has 88 valence electrons. The van der Waals surface area contributed by atoms with Gasteiger partial charge >= 0.3 is 0 Å². The molecule has 17 heavy (non-hydrogen) atoms. The first-order chi connectivity index (χ1) is 8.22. The molecule has 1 aliphatic rings. The summed E-state index contributed by atoms with van der Waals surface area (Å²) in [5, 5.41) is 5.31. The van der Waals surface area contributed by atoms with Crippen LogP contribution in [0.1, 0.15) is 10.4 Å². The summed E-state index contributed by atoms with van der Waals surface area (Å²) in [6.07, 6.45) is 1.59. The highest BCUT2D eigenvalue weighted by Crippen LogP contribution is 2.31. The molecule has 2 N–H and O–H groups in total. The van der Waals surface area contributed by atoms with E-state index in [4.69, 9.17) is 4.74 Å². The summed E-state index contributed by atoms with van der Waals surface area (Å²) in [5.74, 6) is -0.0623. The predicted molar refractivity (Wildman–Crippen MR) is 63.1 cm³/mol. The number of carbonyl (C=O) groups is 2. The molecule has 0 saturated heterocycles. The SMILES string of the molecule is C=CCNC(=O)c1cccc2c1OCC(=O)N2. The van der Waals surface area contributed by atoms with E-state index in [0.29, 0.717) is 23.5 Å². The van der Waals surface area contributed by atoms with E-state index < -0.39 is 0 Å². The van der Waals surface area contributed by atoms with Crippen molar-refractivity contribution in [3.63, 3.8) is 0 Å². The molecule has 0 unspecified atom stereocenters. The fourth-order valence-corrected chi connectivity index (χ4v) is 1.55. The first-order valence-electron chi connectivity index (χ1n) is 5.17. The molecule has 0 bridgehead atoms. The van der Waals surface area contributed by atoms with Crippen LogP contribution in [-0.2, 0) is 4.79 Å². The first kappa shape index (κ1) is 11.2. The minimum absolute atomic E-state index is 0.0707. The molecule has 0 radical (unpaired) electrons. The van der Waals surface area contributed by atoms with E-state index in [1.165, 1.54) is 0 Å². The average molecular weight is 232 g/mol. The van der Waals surface area contributed by atoms with Gasteiger partial charge in [-0.25, -0.2) is 0 Å². The van der Waals surface area contributed by atoms with Crippen LogP contribution in [-0.4, -0.2) is 25.0 Å². The van der Waals surface area contributed by atoms with Crippen LogP contribution in [0.2, 0.25) is 0 Å². The van der Waals surface area contributed by atoms with Crippen molar-refractivity contribution in [3.8, 4) is 5.75 Å². The van der Waals surface area contributed by atoms with Gasteiger partial charge in [0.15, 0.2) is 12.4 Å². The molecule has 0 fully saturated rings. The Morgan fingerprint density at radius 3 is 3.18 bits per heavy atom. The van der Waals surface area contributed by atoms with Crippen LogP contribution in [0.25, 0.3) is 0 Å².